The van der Waals surface area contributed by atoms with Crippen LogP contribution in [0.5, 0.6) is 0 Å². The van der Waals surface area contributed by atoms with Crippen LogP contribution in [-0.4, -0.2) is 24.7 Å². The van der Waals surface area contributed by atoms with Gasteiger partial charge in [-0.3, -0.25) is 0 Å². The summed E-state index contributed by atoms with van der Waals surface area (Å²) in [7, 11) is 0. The summed E-state index contributed by atoms with van der Waals surface area (Å²) in [5.74, 6) is 1.11. The van der Waals surface area contributed by atoms with E-state index in [0.29, 0.717) is 17.3 Å². The largest absolute Gasteiger partial charge is 0.382 e. The second-order valence-electron chi connectivity index (χ2n) is 2.73. The van der Waals surface area contributed by atoms with Crippen LogP contribution in [0.4, 0.5) is 5.82 Å². The van der Waals surface area contributed by atoms with Gasteiger partial charge in [-0.05, 0) is 6.92 Å². The zero-order chi connectivity index (χ0) is 9.97. The lowest BCUT2D eigenvalue weighted by molar-refractivity contribution is 0.664. The molecule has 0 amide bonds. The van der Waals surface area contributed by atoms with Gasteiger partial charge in [-0.1, -0.05) is 0 Å². The van der Waals surface area contributed by atoms with E-state index in [9.17, 15) is 0 Å². The maximum Gasteiger partial charge on any atom is 0.178 e. The van der Waals surface area contributed by atoms with Crippen LogP contribution in [0.25, 0.3) is 11.5 Å². The van der Waals surface area contributed by atoms with E-state index in [4.69, 9.17) is 5.73 Å². The Labute approximate surface area is 80.8 Å². The van der Waals surface area contributed by atoms with Crippen molar-refractivity contribution in [3.05, 3.63) is 18.7 Å². The zero-order valence-electron chi connectivity index (χ0n) is 7.75. The minimum atomic E-state index is 0.399. The SMILES string of the molecule is CCn1ncnc1-c1cnc(N)cn1. The van der Waals surface area contributed by atoms with E-state index in [2.05, 4.69) is 20.1 Å². The van der Waals surface area contributed by atoms with E-state index in [0.717, 1.165) is 6.54 Å². The van der Waals surface area contributed by atoms with Crippen molar-refractivity contribution in [3.63, 3.8) is 0 Å². The fraction of sp³-hybridized carbons (Fsp3) is 0.250. The fourth-order valence-electron chi connectivity index (χ4n) is 1.15. The van der Waals surface area contributed by atoms with Gasteiger partial charge in [0.2, 0.25) is 0 Å². The molecule has 0 saturated carbocycles. The molecule has 0 spiro atoms. The number of nitrogens with two attached hydrogens (primary N) is 1. The van der Waals surface area contributed by atoms with Gasteiger partial charge in [0.25, 0.3) is 0 Å². The molecule has 2 aromatic rings. The number of anilines is 1. The molecule has 0 aromatic carbocycles. The molecule has 2 heterocycles. The standard InChI is InChI=1S/C8H10N6/c1-2-14-8(12-5-13-14)6-3-11-7(9)4-10-6/h3-5H,2H2,1H3,(H2,9,11). The summed E-state index contributed by atoms with van der Waals surface area (Å²) in [5, 5.41) is 4.04. The highest BCUT2D eigenvalue weighted by molar-refractivity contribution is 5.48. The summed E-state index contributed by atoms with van der Waals surface area (Å²) in [4.78, 5) is 12.2. The van der Waals surface area contributed by atoms with Crippen LogP contribution in [0.1, 0.15) is 6.92 Å². The number of rotatable bonds is 2. The molecule has 6 nitrogen and oxygen atoms in total. The molecular formula is C8H10N6. The summed E-state index contributed by atoms with van der Waals surface area (Å²) >= 11 is 0. The molecule has 0 aliphatic heterocycles. The molecule has 2 rings (SSSR count). The lowest BCUT2D eigenvalue weighted by Crippen LogP contribution is -2.01. The third-order valence-corrected chi connectivity index (χ3v) is 1.82. The van der Waals surface area contributed by atoms with Crippen molar-refractivity contribution in [2.45, 2.75) is 13.5 Å². The Kier molecular flexibility index (Phi) is 2.10. The summed E-state index contributed by atoms with van der Waals surface area (Å²) in [6, 6.07) is 0. The number of hydrogen-bond donors (Lipinski definition) is 1. The Balaban J connectivity index is 2.44. The summed E-state index contributed by atoms with van der Waals surface area (Å²) in [6.07, 6.45) is 4.59. The summed E-state index contributed by atoms with van der Waals surface area (Å²) in [5.41, 5.74) is 6.11. The van der Waals surface area contributed by atoms with E-state index in [1.165, 1.54) is 12.5 Å². The predicted molar refractivity (Wildman–Crippen MR) is 51.1 cm³/mol. The Morgan fingerprint density at radius 1 is 1.29 bits per heavy atom. The van der Waals surface area contributed by atoms with E-state index in [-0.39, 0.29) is 0 Å². The number of aryl methyl sites for hydroxylation is 1. The first-order valence-electron chi connectivity index (χ1n) is 4.27. The first kappa shape index (κ1) is 8.61. The quantitative estimate of drug-likeness (QED) is 0.738. The molecule has 0 aliphatic rings. The van der Waals surface area contributed by atoms with Gasteiger partial charge in [-0.25, -0.2) is 19.6 Å². The summed E-state index contributed by atoms with van der Waals surface area (Å²) in [6.45, 7) is 2.74. The van der Waals surface area contributed by atoms with Crippen molar-refractivity contribution < 1.29 is 0 Å². The van der Waals surface area contributed by atoms with Crippen LogP contribution in [0.2, 0.25) is 0 Å². The molecule has 14 heavy (non-hydrogen) atoms. The van der Waals surface area contributed by atoms with E-state index in [1.54, 1.807) is 10.9 Å². The van der Waals surface area contributed by atoms with Gasteiger partial charge in [0.05, 0.1) is 12.4 Å². The van der Waals surface area contributed by atoms with Crippen LogP contribution in [0.3, 0.4) is 0 Å². The van der Waals surface area contributed by atoms with Crippen molar-refractivity contribution in [1.29, 1.82) is 0 Å². The minimum absolute atomic E-state index is 0.399. The van der Waals surface area contributed by atoms with Gasteiger partial charge in [-0.2, -0.15) is 5.10 Å². The average molecular weight is 190 g/mol. The lowest BCUT2D eigenvalue weighted by atomic mass is 10.4. The molecule has 6 heteroatoms. The van der Waals surface area contributed by atoms with Gasteiger partial charge >= 0.3 is 0 Å². The molecule has 0 fully saturated rings. The van der Waals surface area contributed by atoms with Crippen LogP contribution in [-0.2, 0) is 6.54 Å². The predicted octanol–water partition coefficient (Wildman–Crippen LogP) is 0.337. The second-order valence-corrected chi connectivity index (χ2v) is 2.73. The zero-order valence-corrected chi connectivity index (χ0v) is 7.75. The number of hydrogen-bond acceptors (Lipinski definition) is 5. The number of nitrogen functional groups attached to an aromatic ring is 1. The molecule has 0 atom stereocenters. The normalized spacial score (nSPS) is 10.4. The second kappa shape index (κ2) is 3.41. The van der Waals surface area contributed by atoms with Gasteiger partial charge in [0.1, 0.15) is 17.8 Å². The Bertz CT molecular complexity index is 418. The van der Waals surface area contributed by atoms with Crippen LogP contribution < -0.4 is 5.73 Å². The molecule has 2 N–H and O–H groups in total. The number of nitrogens with zero attached hydrogens (tertiary/aromatic N) is 5. The maximum absolute atomic E-state index is 5.43. The molecule has 72 valence electrons. The van der Waals surface area contributed by atoms with Crippen LogP contribution in [0, 0.1) is 0 Å². The third-order valence-electron chi connectivity index (χ3n) is 1.82. The van der Waals surface area contributed by atoms with Gasteiger partial charge in [-0.15, -0.1) is 0 Å². The van der Waals surface area contributed by atoms with E-state index < -0.39 is 0 Å². The maximum atomic E-state index is 5.43. The topological polar surface area (TPSA) is 82.5 Å². The van der Waals surface area contributed by atoms with Crippen molar-refractivity contribution in [2.24, 2.45) is 0 Å². The summed E-state index contributed by atoms with van der Waals surface area (Å²) < 4.78 is 1.75. The monoisotopic (exact) mass is 190 g/mol. The van der Waals surface area contributed by atoms with E-state index in [1.807, 2.05) is 6.92 Å². The molecule has 0 saturated heterocycles. The Hall–Kier alpha value is -1.98. The molecule has 2 aromatic heterocycles. The number of aromatic nitrogens is 5. The van der Waals surface area contributed by atoms with Crippen LogP contribution >= 0.6 is 0 Å². The Morgan fingerprint density at radius 3 is 2.79 bits per heavy atom. The Morgan fingerprint density at radius 2 is 2.14 bits per heavy atom. The van der Waals surface area contributed by atoms with Crippen LogP contribution in [0.15, 0.2) is 18.7 Å². The van der Waals surface area contributed by atoms with Crippen molar-refractivity contribution in [3.8, 4) is 11.5 Å². The highest BCUT2D eigenvalue weighted by Gasteiger charge is 2.06. The third kappa shape index (κ3) is 1.41. The highest BCUT2D eigenvalue weighted by atomic mass is 15.3. The molecule has 0 radical (unpaired) electrons. The van der Waals surface area contributed by atoms with Crippen molar-refractivity contribution in [2.75, 3.05) is 5.73 Å². The molecular weight excluding hydrogens is 180 g/mol. The first-order chi connectivity index (χ1) is 6.81. The van der Waals surface area contributed by atoms with Crippen molar-refractivity contribution in [1.82, 2.24) is 24.7 Å². The molecule has 0 bridgehead atoms. The smallest absolute Gasteiger partial charge is 0.178 e. The van der Waals surface area contributed by atoms with Gasteiger partial charge < -0.3 is 5.73 Å². The van der Waals surface area contributed by atoms with Gasteiger partial charge in [0, 0.05) is 6.54 Å². The lowest BCUT2D eigenvalue weighted by Gasteiger charge is -2.01. The van der Waals surface area contributed by atoms with Crippen molar-refractivity contribution >= 4 is 5.82 Å². The van der Waals surface area contributed by atoms with E-state index >= 15 is 0 Å². The first-order valence-corrected chi connectivity index (χ1v) is 4.27. The highest BCUT2D eigenvalue weighted by Crippen LogP contribution is 2.11. The molecule has 0 aliphatic carbocycles. The van der Waals surface area contributed by atoms with Gasteiger partial charge in [0.15, 0.2) is 5.82 Å². The molecule has 0 unspecified atom stereocenters. The average Bonchev–Trinajstić information content (AvgIpc) is 2.67. The minimum Gasteiger partial charge on any atom is -0.382 e. The fourth-order valence-corrected chi connectivity index (χ4v) is 1.15.